The first-order valence-corrected chi connectivity index (χ1v) is 5.73. The molecule has 5 nitrogen and oxygen atoms in total. The summed E-state index contributed by atoms with van der Waals surface area (Å²) in [6.45, 7) is 0.583. The zero-order valence-corrected chi connectivity index (χ0v) is 10.2. The normalized spacial score (nSPS) is 12.3. The second-order valence-corrected chi connectivity index (χ2v) is 4.08. The van der Waals surface area contributed by atoms with Gasteiger partial charge in [0.15, 0.2) is 0 Å². The van der Waals surface area contributed by atoms with Gasteiger partial charge in [-0.3, -0.25) is 14.8 Å². The lowest BCUT2D eigenvalue weighted by molar-refractivity contribution is -0.120. The molecular formula is C13H16N4O. The summed E-state index contributed by atoms with van der Waals surface area (Å²) in [5, 5.41) is 7.19. The number of nitrogens with zero attached hydrogens (tertiary/aromatic N) is 2. The molecule has 1 amide bonds. The summed E-state index contributed by atoms with van der Waals surface area (Å²) in [6, 6.07) is 11.1. The van der Waals surface area contributed by atoms with E-state index in [0.717, 1.165) is 11.3 Å². The lowest BCUT2D eigenvalue weighted by atomic mass is 10.1. The van der Waals surface area contributed by atoms with Crippen molar-refractivity contribution < 1.29 is 4.79 Å². The predicted molar refractivity (Wildman–Crippen MR) is 68.4 cm³/mol. The number of nitrogens with two attached hydrogens (primary N) is 1. The predicted octanol–water partition coefficient (Wildman–Crippen LogP) is 0.736. The Bertz CT molecular complexity index is 521. The maximum absolute atomic E-state index is 11.5. The Morgan fingerprint density at radius 2 is 2.11 bits per heavy atom. The van der Waals surface area contributed by atoms with Crippen LogP contribution in [0.25, 0.3) is 0 Å². The van der Waals surface area contributed by atoms with Crippen molar-refractivity contribution >= 4 is 5.91 Å². The van der Waals surface area contributed by atoms with E-state index in [-0.39, 0.29) is 0 Å². The highest BCUT2D eigenvalue weighted by Crippen LogP contribution is 2.12. The maximum atomic E-state index is 11.5. The molecule has 0 aliphatic rings. The Morgan fingerprint density at radius 3 is 2.67 bits per heavy atom. The quantitative estimate of drug-likeness (QED) is 0.814. The summed E-state index contributed by atoms with van der Waals surface area (Å²) in [7, 11) is 1.79. The van der Waals surface area contributed by atoms with Crippen LogP contribution >= 0.6 is 0 Å². The van der Waals surface area contributed by atoms with E-state index < -0.39 is 11.9 Å². The maximum Gasteiger partial charge on any atom is 0.240 e. The number of benzene rings is 1. The molecule has 1 heterocycles. The third-order valence-corrected chi connectivity index (χ3v) is 2.79. The van der Waals surface area contributed by atoms with Crippen molar-refractivity contribution in [3.05, 3.63) is 53.9 Å². The van der Waals surface area contributed by atoms with Crippen molar-refractivity contribution in [2.24, 2.45) is 12.8 Å². The molecule has 0 spiro atoms. The number of hydrogen-bond acceptors (Lipinski definition) is 3. The van der Waals surface area contributed by atoms with Crippen LogP contribution in [0.1, 0.15) is 17.3 Å². The van der Waals surface area contributed by atoms with Gasteiger partial charge >= 0.3 is 0 Å². The number of amides is 1. The van der Waals surface area contributed by atoms with Gasteiger partial charge in [-0.05, 0) is 11.6 Å². The molecule has 5 heteroatoms. The molecule has 2 aromatic rings. The first kappa shape index (κ1) is 12.3. The Hall–Kier alpha value is -2.14. The van der Waals surface area contributed by atoms with E-state index in [9.17, 15) is 4.79 Å². The summed E-state index contributed by atoms with van der Waals surface area (Å²) in [6.07, 6.45) is 1.65. The summed E-state index contributed by atoms with van der Waals surface area (Å²) >= 11 is 0. The Morgan fingerprint density at radius 1 is 1.39 bits per heavy atom. The first-order chi connectivity index (χ1) is 8.68. The third kappa shape index (κ3) is 2.75. The molecule has 1 aromatic heterocycles. The van der Waals surface area contributed by atoms with Crippen LogP contribution in [0.4, 0.5) is 0 Å². The smallest absolute Gasteiger partial charge is 0.240 e. The lowest BCUT2D eigenvalue weighted by Crippen LogP contribution is -2.34. The van der Waals surface area contributed by atoms with Gasteiger partial charge in [-0.25, -0.2) is 0 Å². The van der Waals surface area contributed by atoms with Crippen LogP contribution in [0, 0.1) is 0 Å². The second-order valence-electron chi connectivity index (χ2n) is 4.08. The number of aryl methyl sites for hydroxylation is 1. The summed E-state index contributed by atoms with van der Waals surface area (Å²) in [5.41, 5.74) is 7.28. The second kappa shape index (κ2) is 5.46. The van der Waals surface area contributed by atoms with E-state index in [1.807, 2.05) is 30.3 Å². The van der Waals surface area contributed by atoms with Crippen molar-refractivity contribution in [1.82, 2.24) is 15.1 Å². The Balaban J connectivity index is 2.09. The number of rotatable bonds is 5. The fourth-order valence-electron chi connectivity index (χ4n) is 1.83. The van der Waals surface area contributed by atoms with Crippen LogP contribution in [0.15, 0.2) is 42.6 Å². The van der Waals surface area contributed by atoms with E-state index in [1.165, 1.54) is 0 Å². The van der Waals surface area contributed by atoms with Gasteiger partial charge in [0, 0.05) is 19.8 Å². The van der Waals surface area contributed by atoms with Gasteiger partial charge in [0.05, 0.1) is 5.69 Å². The van der Waals surface area contributed by atoms with Crippen LogP contribution in [-0.4, -0.2) is 15.7 Å². The van der Waals surface area contributed by atoms with Gasteiger partial charge < -0.3 is 5.73 Å². The zero-order chi connectivity index (χ0) is 13.0. The van der Waals surface area contributed by atoms with Gasteiger partial charge in [-0.2, -0.15) is 5.10 Å². The van der Waals surface area contributed by atoms with E-state index in [2.05, 4.69) is 10.4 Å². The molecule has 0 bridgehead atoms. The van der Waals surface area contributed by atoms with Crippen molar-refractivity contribution in [3.8, 4) is 0 Å². The fraction of sp³-hybridized carbons (Fsp3) is 0.231. The molecule has 1 atom stereocenters. The van der Waals surface area contributed by atoms with Gasteiger partial charge in [-0.15, -0.1) is 0 Å². The molecular weight excluding hydrogens is 228 g/mol. The minimum atomic E-state index is -0.530. The van der Waals surface area contributed by atoms with Crippen LogP contribution in [-0.2, 0) is 18.4 Å². The highest BCUT2D eigenvalue weighted by Gasteiger charge is 2.19. The molecule has 0 saturated carbocycles. The van der Waals surface area contributed by atoms with E-state index in [0.29, 0.717) is 6.54 Å². The number of carbonyl (C=O) groups excluding carboxylic acids is 1. The minimum absolute atomic E-state index is 0.408. The summed E-state index contributed by atoms with van der Waals surface area (Å²) in [4.78, 5) is 11.5. The molecule has 2 rings (SSSR count). The van der Waals surface area contributed by atoms with E-state index in [1.54, 1.807) is 24.0 Å². The lowest BCUT2D eigenvalue weighted by Gasteiger charge is -2.15. The monoisotopic (exact) mass is 244 g/mol. The first-order valence-electron chi connectivity index (χ1n) is 5.73. The molecule has 1 aromatic carbocycles. The number of carbonyl (C=O) groups is 1. The molecule has 3 N–H and O–H groups in total. The van der Waals surface area contributed by atoms with Crippen LogP contribution in [0.2, 0.25) is 0 Å². The van der Waals surface area contributed by atoms with Gasteiger partial charge in [0.25, 0.3) is 0 Å². The molecule has 0 radical (unpaired) electrons. The fourth-order valence-corrected chi connectivity index (χ4v) is 1.83. The molecule has 0 aliphatic carbocycles. The van der Waals surface area contributed by atoms with Crippen molar-refractivity contribution in [3.63, 3.8) is 0 Å². The number of nitrogens with one attached hydrogen (secondary N) is 1. The third-order valence-electron chi connectivity index (χ3n) is 2.79. The van der Waals surface area contributed by atoms with Crippen LogP contribution < -0.4 is 11.1 Å². The zero-order valence-electron chi connectivity index (χ0n) is 10.2. The largest absolute Gasteiger partial charge is 0.368 e. The Kier molecular flexibility index (Phi) is 3.74. The van der Waals surface area contributed by atoms with E-state index >= 15 is 0 Å². The number of primary amides is 1. The van der Waals surface area contributed by atoms with Gasteiger partial charge in [0.1, 0.15) is 6.04 Å². The standard InChI is InChI=1S/C13H16N4O/c1-17-11(7-8-16-17)12(13(14)18)15-9-10-5-3-2-4-6-10/h2-8,12,15H,9H2,1H3,(H2,14,18)/t12-/m1/s1. The molecule has 18 heavy (non-hydrogen) atoms. The molecule has 0 unspecified atom stereocenters. The highest BCUT2D eigenvalue weighted by atomic mass is 16.1. The highest BCUT2D eigenvalue weighted by molar-refractivity contribution is 5.80. The molecule has 0 fully saturated rings. The number of hydrogen-bond donors (Lipinski definition) is 2. The van der Waals surface area contributed by atoms with E-state index in [4.69, 9.17) is 5.73 Å². The van der Waals surface area contributed by atoms with Gasteiger partial charge in [-0.1, -0.05) is 30.3 Å². The SMILES string of the molecule is Cn1nccc1[C@@H](NCc1ccccc1)C(N)=O. The number of aromatic nitrogens is 2. The summed E-state index contributed by atoms with van der Waals surface area (Å²) < 4.78 is 1.65. The van der Waals surface area contributed by atoms with Gasteiger partial charge in [0.2, 0.25) is 5.91 Å². The summed E-state index contributed by atoms with van der Waals surface area (Å²) in [5.74, 6) is -0.408. The average Bonchev–Trinajstić information content (AvgIpc) is 2.77. The topological polar surface area (TPSA) is 72.9 Å². The van der Waals surface area contributed by atoms with Crippen LogP contribution in [0.5, 0.6) is 0 Å². The Labute approximate surface area is 106 Å². The van der Waals surface area contributed by atoms with Crippen molar-refractivity contribution in [2.45, 2.75) is 12.6 Å². The van der Waals surface area contributed by atoms with Crippen LogP contribution in [0.3, 0.4) is 0 Å². The van der Waals surface area contributed by atoms with Crippen molar-refractivity contribution in [2.75, 3.05) is 0 Å². The molecule has 94 valence electrons. The average molecular weight is 244 g/mol. The van der Waals surface area contributed by atoms with Crippen molar-refractivity contribution in [1.29, 1.82) is 0 Å². The molecule has 0 saturated heterocycles. The molecule has 0 aliphatic heterocycles. The minimum Gasteiger partial charge on any atom is -0.368 e.